The summed E-state index contributed by atoms with van der Waals surface area (Å²) in [6, 6.07) is 6.50. The van der Waals surface area contributed by atoms with Gasteiger partial charge in [-0.25, -0.2) is 9.37 Å². The number of carbonyl (C=O) groups excluding carboxylic acids is 1. The molecule has 3 heterocycles. The third-order valence-electron chi connectivity index (χ3n) is 6.92. The Labute approximate surface area is 217 Å². The Morgan fingerprint density at radius 1 is 1.24 bits per heavy atom. The number of carbonyl (C=O) groups is 1. The number of fused-ring (bicyclic) bond motifs is 1. The van der Waals surface area contributed by atoms with Crippen LogP contribution in [0.2, 0.25) is 0 Å². The van der Waals surface area contributed by atoms with Crippen molar-refractivity contribution in [1.82, 2.24) is 9.88 Å². The van der Waals surface area contributed by atoms with E-state index >= 15 is 8.78 Å². The predicted molar refractivity (Wildman–Crippen MR) is 138 cm³/mol. The molecule has 7 nitrogen and oxygen atoms in total. The first-order valence-electron chi connectivity index (χ1n) is 12.1. The fraction of sp³-hybridized carbons (Fsp3) is 0.286. The first-order valence-corrected chi connectivity index (χ1v) is 12.1. The fourth-order valence-electron chi connectivity index (χ4n) is 4.81. The highest BCUT2D eigenvalue weighted by Gasteiger charge is 2.59. The molecule has 0 saturated carbocycles. The minimum atomic E-state index is -3.50. The lowest BCUT2D eigenvalue weighted by molar-refractivity contribution is -0.210. The van der Waals surface area contributed by atoms with Gasteiger partial charge in [0.1, 0.15) is 28.9 Å². The molecule has 0 aliphatic carbocycles. The number of nitrogens with zero attached hydrogens (tertiary/aromatic N) is 2. The summed E-state index contributed by atoms with van der Waals surface area (Å²) >= 11 is 0. The Kier molecular flexibility index (Phi) is 6.21. The summed E-state index contributed by atoms with van der Waals surface area (Å²) in [7, 11) is 1.37. The van der Waals surface area contributed by atoms with E-state index in [2.05, 4.69) is 4.98 Å². The zero-order valence-corrected chi connectivity index (χ0v) is 21.1. The van der Waals surface area contributed by atoms with Gasteiger partial charge < -0.3 is 20.9 Å². The van der Waals surface area contributed by atoms with Gasteiger partial charge in [-0.3, -0.25) is 9.69 Å². The van der Waals surface area contributed by atoms with Crippen molar-refractivity contribution >= 4 is 17.7 Å². The van der Waals surface area contributed by atoms with Crippen LogP contribution in [0.5, 0.6) is 11.5 Å². The molecule has 0 radical (unpaired) electrons. The highest BCUT2D eigenvalue weighted by molar-refractivity contribution is 5.97. The molecule has 5 rings (SSSR count). The van der Waals surface area contributed by atoms with E-state index in [1.807, 2.05) is 6.92 Å². The van der Waals surface area contributed by atoms with E-state index in [0.717, 1.165) is 5.56 Å². The number of nitrogen functional groups attached to an aromatic ring is 1. The summed E-state index contributed by atoms with van der Waals surface area (Å²) in [4.78, 5) is 18.3. The quantitative estimate of drug-likeness (QED) is 0.355. The molecule has 2 atom stereocenters. The van der Waals surface area contributed by atoms with E-state index in [1.165, 1.54) is 43.5 Å². The standard InChI is InChI=1S/C28H27F3N4O3/c1-14-13-38-26-20(14)11-22(34-25(26)16-4-6-19(29)7-5-16)21-12-35(28(21,30)31)27(36)18-9-17(8-15(2)32)24(33)23(10-18)37-3/h4-11,14,21H,12-13,32-33H2,1-3H3/b15-8-. The lowest BCUT2D eigenvalue weighted by atomic mass is 9.88. The number of hydrogen-bond donors (Lipinski definition) is 2. The number of hydrogen-bond acceptors (Lipinski definition) is 6. The van der Waals surface area contributed by atoms with E-state index in [-0.39, 0.29) is 35.2 Å². The molecule has 10 heteroatoms. The van der Waals surface area contributed by atoms with Crippen LogP contribution in [0.1, 0.15) is 52.9 Å². The maximum Gasteiger partial charge on any atom is 0.338 e. The number of anilines is 1. The van der Waals surface area contributed by atoms with Crippen LogP contribution in [0.3, 0.4) is 0 Å². The van der Waals surface area contributed by atoms with Gasteiger partial charge in [0, 0.05) is 40.4 Å². The van der Waals surface area contributed by atoms with E-state index in [9.17, 15) is 9.18 Å². The highest BCUT2D eigenvalue weighted by Crippen LogP contribution is 2.50. The molecule has 0 bridgehead atoms. The molecule has 1 amide bonds. The topological polar surface area (TPSA) is 104 Å². The molecule has 2 aromatic carbocycles. The van der Waals surface area contributed by atoms with Gasteiger partial charge in [0.05, 0.1) is 25.1 Å². The number of halogens is 3. The number of likely N-dealkylation sites (tertiary alicyclic amines) is 1. The number of benzene rings is 2. The average Bonchev–Trinajstić information content (AvgIpc) is 3.25. The maximum absolute atomic E-state index is 15.6. The van der Waals surface area contributed by atoms with Crippen LogP contribution in [-0.2, 0) is 0 Å². The van der Waals surface area contributed by atoms with Gasteiger partial charge >= 0.3 is 6.05 Å². The molecule has 4 N–H and O–H groups in total. The maximum atomic E-state index is 15.6. The predicted octanol–water partition coefficient (Wildman–Crippen LogP) is 5.13. The monoisotopic (exact) mass is 524 g/mol. The van der Waals surface area contributed by atoms with Gasteiger partial charge in [-0.15, -0.1) is 0 Å². The average molecular weight is 525 g/mol. The molecule has 0 spiro atoms. The van der Waals surface area contributed by atoms with Gasteiger partial charge in [0.25, 0.3) is 5.91 Å². The fourth-order valence-corrected chi connectivity index (χ4v) is 4.81. The lowest BCUT2D eigenvalue weighted by Crippen LogP contribution is -2.62. The second-order valence-electron chi connectivity index (χ2n) is 9.66. The number of ether oxygens (including phenoxy) is 2. The molecule has 2 aliphatic rings. The number of methoxy groups -OCH3 is 1. The van der Waals surface area contributed by atoms with Crippen LogP contribution in [0.4, 0.5) is 18.9 Å². The summed E-state index contributed by atoms with van der Waals surface area (Å²) in [5.74, 6) is -1.96. The van der Waals surface area contributed by atoms with Crippen molar-refractivity contribution in [3.63, 3.8) is 0 Å². The molecule has 38 heavy (non-hydrogen) atoms. The molecular formula is C28H27F3N4O3. The van der Waals surface area contributed by atoms with Gasteiger partial charge in [-0.2, -0.15) is 8.78 Å². The molecule has 3 aromatic rings. The van der Waals surface area contributed by atoms with Gasteiger partial charge in [-0.1, -0.05) is 6.92 Å². The molecule has 1 aromatic heterocycles. The largest absolute Gasteiger partial charge is 0.495 e. The van der Waals surface area contributed by atoms with Crippen LogP contribution in [-0.4, -0.2) is 42.1 Å². The van der Waals surface area contributed by atoms with Crippen molar-refractivity contribution in [1.29, 1.82) is 0 Å². The zero-order valence-electron chi connectivity index (χ0n) is 21.1. The first kappa shape index (κ1) is 25.4. The second kappa shape index (κ2) is 9.27. The van der Waals surface area contributed by atoms with Crippen molar-refractivity contribution in [3.05, 3.63) is 76.4 Å². The summed E-state index contributed by atoms with van der Waals surface area (Å²) < 4.78 is 55.8. The van der Waals surface area contributed by atoms with Crippen molar-refractivity contribution < 1.29 is 27.4 Å². The number of alkyl halides is 2. The van der Waals surface area contributed by atoms with E-state index in [1.54, 1.807) is 19.1 Å². The summed E-state index contributed by atoms with van der Waals surface area (Å²) in [6.45, 7) is 3.72. The summed E-state index contributed by atoms with van der Waals surface area (Å²) in [5, 5.41) is 0. The highest BCUT2D eigenvalue weighted by atomic mass is 19.3. The number of pyridine rings is 1. The number of aromatic nitrogens is 1. The smallest absolute Gasteiger partial charge is 0.338 e. The lowest BCUT2D eigenvalue weighted by Gasteiger charge is -2.47. The Balaban J connectivity index is 1.49. The Morgan fingerprint density at radius 2 is 1.95 bits per heavy atom. The van der Waals surface area contributed by atoms with Crippen molar-refractivity contribution in [2.75, 3.05) is 26.0 Å². The van der Waals surface area contributed by atoms with Gasteiger partial charge in [-0.05, 0) is 55.5 Å². The molecule has 1 fully saturated rings. The van der Waals surface area contributed by atoms with E-state index in [4.69, 9.17) is 20.9 Å². The Hall–Kier alpha value is -4.21. The second-order valence-corrected chi connectivity index (χ2v) is 9.66. The van der Waals surface area contributed by atoms with Crippen LogP contribution >= 0.6 is 0 Å². The Morgan fingerprint density at radius 3 is 2.58 bits per heavy atom. The third kappa shape index (κ3) is 4.19. The number of allylic oxidation sites excluding steroid dienone is 1. The molecule has 198 valence electrons. The molecule has 2 unspecified atom stereocenters. The van der Waals surface area contributed by atoms with Crippen LogP contribution < -0.4 is 20.9 Å². The van der Waals surface area contributed by atoms with E-state index in [0.29, 0.717) is 39.8 Å². The van der Waals surface area contributed by atoms with Crippen molar-refractivity contribution in [2.45, 2.75) is 31.7 Å². The third-order valence-corrected chi connectivity index (χ3v) is 6.92. The molecule has 1 saturated heterocycles. The summed E-state index contributed by atoms with van der Waals surface area (Å²) in [6.07, 6.45) is 1.54. The minimum Gasteiger partial charge on any atom is -0.495 e. The molecule has 2 aliphatic heterocycles. The number of amides is 1. The Bertz CT molecular complexity index is 1450. The SMILES string of the molecule is COc1cc(C(=O)N2CC(c3cc4c(c(-c5ccc(F)cc5)n3)OCC4C)C2(F)F)cc(/C=C(/C)N)c1N. The normalized spacial score (nSPS) is 19.9. The van der Waals surface area contributed by atoms with Crippen molar-refractivity contribution in [2.24, 2.45) is 5.73 Å². The van der Waals surface area contributed by atoms with E-state index < -0.39 is 23.7 Å². The summed E-state index contributed by atoms with van der Waals surface area (Å²) in [5.41, 5.74) is 14.7. The van der Waals surface area contributed by atoms with Crippen LogP contribution in [0.25, 0.3) is 17.3 Å². The number of rotatable bonds is 5. The van der Waals surface area contributed by atoms with Gasteiger partial charge in [0.2, 0.25) is 0 Å². The molecular weight excluding hydrogens is 497 g/mol. The minimum absolute atomic E-state index is 0.00221. The first-order chi connectivity index (χ1) is 18.0. The zero-order chi connectivity index (χ0) is 27.4. The van der Waals surface area contributed by atoms with Crippen LogP contribution in [0, 0.1) is 5.82 Å². The van der Waals surface area contributed by atoms with Crippen molar-refractivity contribution in [3.8, 4) is 22.8 Å². The van der Waals surface area contributed by atoms with Crippen LogP contribution in [0.15, 0.2) is 48.2 Å². The van der Waals surface area contributed by atoms with Gasteiger partial charge in [0.15, 0.2) is 0 Å². The number of nitrogens with two attached hydrogens (primary N) is 2.